The van der Waals surface area contributed by atoms with Gasteiger partial charge in [-0.2, -0.15) is 0 Å². The van der Waals surface area contributed by atoms with Gasteiger partial charge in [0.15, 0.2) is 0 Å². The summed E-state index contributed by atoms with van der Waals surface area (Å²) in [6, 6.07) is 0.529. The topological polar surface area (TPSA) is 49.6 Å². The summed E-state index contributed by atoms with van der Waals surface area (Å²) >= 11 is 0. The normalized spacial score (nSPS) is 30.2. The Hall–Kier alpha value is -0.390. The Balaban J connectivity index is 0.00000242. The highest BCUT2D eigenvalue weighted by molar-refractivity contribution is 5.85. The van der Waals surface area contributed by atoms with Crippen LogP contribution in [0.5, 0.6) is 0 Å². The van der Waals surface area contributed by atoms with E-state index in [0.29, 0.717) is 19.1 Å². The van der Waals surface area contributed by atoms with Gasteiger partial charge in [0, 0.05) is 23.9 Å². The Labute approximate surface area is 141 Å². The van der Waals surface area contributed by atoms with Crippen LogP contribution in [0, 0.1) is 10.1 Å². The zero-order valence-corrected chi connectivity index (χ0v) is 14.9. The van der Waals surface area contributed by atoms with Crippen molar-refractivity contribution in [1.29, 1.82) is 0 Å². The van der Waals surface area contributed by atoms with Crippen LogP contribution in [-0.2, 0) is 0 Å². The fourth-order valence-corrected chi connectivity index (χ4v) is 4.08. The Morgan fingerprint density at radius 2 is 2.00 bits per heavy atom. The molecule has 2 fully saturated rings. The van der Waals surface area contributed by atoms with E-state index >= 15 is 0 Å². The van der Waals surface area contributed by atoms with Gasteiger partial charge in [-0.3, -0.25) is 19.9 Å². The quantitative estimate of drug-likeness (QED) is 0.425. The van der Waals surface area contributed by atoms with E-state index < -0.39 is 5.54 Å². The van der Waals surface area contributed by atoms with Gasteiger partial charge in [0.25, 0.3) is 0 Å². The van der Waals surface area contributed by atoms with Crippen molar-refractivity contribution < 1.29 is 4.92 Å². The maximum absolute atomic E-state index is 11.9. The van der Waals surface area contributed by atoms with E-state index in [4.69, 9.17) is 0 Å². The first-order chi connectivity index (χ1) is 10.1. The zero-order chi connectivity index (χ0) is 15.3. The Morgan fingerprint density at radius 3 is 2.68 bits per heavy atom. The van der Waals surface area contributed by atoms with Crippen molar-refractivity contribution in [3.8, 4) is 0 Å². The molecule has 0 radical (unpaired) electrons. The molecule has 0 aromatic carbocycles. The summed E-state index contributed by atoms with van der Waals surface area (Å²) in [7, 11) is 2.06. The van der Waals surface area contributed by atoms with E-state index in [1.165, 1.54) is 32.1 Å². The number of unbranched alkanes of at least 4 members (excludes halogenated alkanes) is 3. The molecule has 0 aromatic heterocycles. The molecule has 0 aliphatic carbocycles. The number of hydrogen-bond donors (Lipinski definition) is 0. The van der Waals surface area contributed by atoms with Crippen LogP contribution in [0.1, 0.15) is 58.3 Å². The monoisotopic (exact) mass is 333 g/mol. The molecule has 130 valence electrons. The first-order valence-electron chi connectivity index (χ1n) is 8.64. The fourth-order valence-electron chi connectivity index (χ4n) is 4.08. The minimum absolute atomic E-state index is 0. The first-order valence-corrected chi connectivity index (χ1v) is 8.64. The molecule has 2 aliphatic rings. The van der Waals surface area contributed by atoms with Crippen molar-refractivity contribution in [3.05, 3.63) is 10.1 Å². The maximum atomic E-state index is 11.9. The lowest BCUT2D eigenvalue weighted by atomic mass is 9.90. The summed E-state index contributed by atoms with van der Waals surface area (Å²) in [6.45, 7) is 5.48. The lowest BCUT2D eigenvalue weighted by Gasteiger charge is -2.36. The molecule has 5 nitrogen and oxygen atoms in total. The number of nitro groups is 1. The van der Waals surface area contributed by atoms with E-state index in [0.717, 1.165) is 32.4 Å². The summed E-state index contributed by atoms with van der Waals surface area (Å²) in [5.74, 6) is 0. The van der Waals surface area contributed by atoms with Gasteiger partial charge in [-0.1, -0.05) is 32.6 Å². The van der Waals surface area contributed by atoms with E-state index in [2.05, 4.69) is 23.8 Å². The number of likely N-dealkylation sites (N-methyl/N-ethyl adjacent to an activating group) is 1. The van der Waals surface area contributed by atoms with Crippen molar-refractivity contribution in [2.75, 3.05) is 33.2 Å². The third-order valence-corrected chi connectivity index (χ3v) is 5.22. The number of halogens is 1. The average Bonchev–Trinajstić information content (AvgIpc) is 2.59. The number of fused-ring (bicyclic) bond motifs is 1. The van der Waals surface area contributed by atoms with Crippen LogP contribution in [0.3, 0.4) is 0 Å². The molecule has 22 heavy (non-hydrogen) atoms. The molecule has 0 amide bonds. The lowest BCUT2D eigenvalue weighted by molar-refractivity contribution is -0.571. The SMILES string of the molecule is CCCCCCC1([N+](=O)[O-])CN(C)CC2CCCCN2C1.Cl. The van der Waals surface area contributed by atoms with Gasteiger partial charge in [0.1, 0.15) is 0 Å². The lowest BCUT2D eigenvalue weighted by Crippen LogP contribution is -2.53. The van der Waals surface area contributed by atoms with Crippen LogP contribution in [0.2, 0.25) is 0 Å². The molecule has 2 rings (SSSR count). The first kappa shape index (κ1) is 19.7. The van der Waals surface area contributed by atoms with Crippen LogP contribution in [0.4, 0.5) is 0 Å². The molecule has 0 aromatic rings. The fraction of sp³-hybridized carbons (Fsp3) is 1.00. The van der Waals surface area contributed by atoms with Gasteiger partial charge < -0.3 is 0 Å². The van der Waals surface area contributed by atoms with Gasteiger partial charge in [-0.25, -0.2) is 0 Å². The summed E-state index contributed by atoms with van der Waals surface area (Å²) in [5, 5.41) is 11.9. The van der Waals surface area contributed by atoms with E-state index in [-0.39, 0.29) is 17.3 Å². The highest BCUT2D eigenvalue weighted by Crippen LogP contribution is 2.29. The highest BCUT2D eigenvalue weighted by Gasteiger charge is 2.48. The molecule has 0 spiro atoms. The van der Waals surface area contributed by atoms with Gasteiger partial charge in [0.2, 0.25) is 5.54 Å². The van der Waals surface area contributed by atoms with E-state index in [1.54, 1.807) is 0 Å². The maximum Gasteiger partial charge on any atom is 0.247 e. The van der Waals surface area contributed by atoms with Gasteiger partial charge >= 0.3 is 0 Å². The molecule has 0 bridgehead atoms. The Kier molecular flexibility index (Phi) is 8.08. The third kappa shape index (κ3) is 4.80. The smallest absolute Gasteiger partial charge is 0.247 e. The Bertz CT molecular complexity index is 356. The molecule has 6 heteroatoms. The molecular formula is C16H32ClN3O2. The van der Waals surface area contributed by atoms with E-state index in [1.807, 2.05) is 0 Å². The minimum atomic E-state index is -0.755. The highest BCUT2D eigenvalue weighted by atomic mass is 35.5. The number of hydrogen-bond acceptors (Lipinski definition) is 4. The predicted octanol–water partition coefficient (Wildman–Crippen LogP) is 3.19. The molecule has 2 saturated heterocycles. The average molecular weight is 334 g/mol. The second-order valence-corrected chi connectivity index (χ2v) is 7.11. The van der Waals surface area contributed by atoms with Gasteiger partial charge in [0.05, 0.1) is 13.1 Å². The Morgan fingerprint density at radius 1 is 1.23 bits per heavy atom. The van der Waals surface area contributed by atoms with Crippen molar-refractivity contribution in [1.82, 2.24) is 9.80 Å². The van der Waals surface area contributed by atoms with Crippen molar-refractivity contribution in [3.63, 3.8) is 0 Å². The molecule has 2 unspecified atom stereocenters. The molecule has 2 heterocycles. The molecule has 2 aliphatic heterocycles. The van der Waals surface area contributed by atoms with Crippen LogP contribution in [0.25, 0.3) is 0 Å². The van der Waals surface area contributed by atoms with Crippen LogP contribution in [-0.4, -0.2) is 59.5 Å². The number of rotatable bonds is 6. The molecule has 0 saturated carbocycles. The standard InChI is InChI=1S/C16H31N3O2.ClH/c1-3-4-5-7-10-16(19(20)21)13-17(2)12-15-9-6-8-11-18(15)14-16;/h15H,3-14H2,1-2H3;1H. The summed E-state index contributed by atoms with van der Waals surface area (Å²) in [4.78, 5) is 16.5. The second-order valence-electron chi connectivity index (χ2n) is 7.11. The number of piperidine rings is 1. The largest absolute Gasteiger partial charge is 0.298 e. The van der Waals surface area contributed by atoms with Gasteiger partial charge in [-0.15, -0.1) is 12.4 Å². The number of nitrogens with zero attached hydrogens (tertiary/aromatic N) is 3. The molecule has 2 atom stereocenters. The summed E-state index contributed by atoms with van der Waals surface area (Å²) < 4.78 is 0. The minimum Gasteiger partial charge on any atom is -0.298 e. The summed E-state index contributed by atoms with van der Waals surface area (Å²) in [6.07, 6.45) is 8.89. The second kappa shape index (κ2) is 9.04. The van der Waals surface area contributed by atoms with Gasteiger partial charge in [-0.05, 0) is 32.9 Å². The van der Waals surface area contributed by atoms with E-state index in [9.17, 15) is 10.1 Å². The summed E-state index contributed by atoms with van der Waals surface area (Å²) in [5.41, 5.74) is -0.755. The van der Waals surface area contributed by atoms with Crippen LogP contribution >= 0.6 is 12.4 Å². The molecular weight excluding hydrogens is 302 g/mol. The van der Waals surface area contributed by atoms with Crippen LogP contribution < -0.4 is 0 Å². The van der Waals surface area contributed by atoms with Crippen LogP contribution in [0.15, 0.2) is 0 Å². The molecule has 0 N–H and O–H groups in total. The van der Waals surface area contributed by atoms with Crippen molar-refractivity contribution >= 4 is 12.4 Å². The third-order valence-electron chi connectivity index (χ3n) is 5.22. The predicted molar refractivity (Wildman–Crippen MR) is 92.4 cm³/mol. The van der Waals surface area contributed by atoms with Crippen molar-refractivity contribution in [2.45, 2.75) is 69.9 Å². The van der Waals surface area contributed by atoms with Crippen molar-refractivity contribution in [2.24, 2.45) is 0 Å². The zero-order valence-electron chi connectivity index (χ0n) is 14.1.